The van der Waals surface area contributed by atoms with E-state index in [-0.39, 0.29) is 0 Å². The minimum Gasteiger partial charge on any atom is -0.113 e. The van der Waals surface area contributed by atoms with Crippen molar-refractivity contribution in [1.29, 1.82) is 0 Å². The van der Waals surface area contributed by atoms with E-state index in [9.17, 15) is 0 Å². The van der Waals surface area contributed by atoms with Gasteiger partial charge in [-0.25, -0.2) is 0 Å². The maximum Gasteiger partial charge on any atom is 0.0851 e. The average molecular weight is 340 g/mol. The highest BCUT2D eigenvalue weighted by Gasteiger charge is 2.16. The van der Waals surface area contributed by atoms with Crippen molar-refractivity contribution >= 4 is 58.0 Å². The number of halogens is 5. The van der Waals surface area contributed by atoms with Crippen molar-refractivity contribution in [3.05, 3.63) is 67.6 Å². The Morgan fingerprint density at radius 1 is 0.722 bits per heavy atom. The van der Waals surface area contributed by atoms with Gasteiger partial charge in [-0.15, -0.1) is 11.6 Å². The number of hydrogen-bond donors (Lipinski definition) is 0. The van der Waals surface area contributed by atoms with Gasteiger partial charge in [0.1, 0.15) is 0 Å². The van der Waals surface area contributed by atoms with Crippen molar-refractivity contribution in [2.75, 3.05) is 0 Å². The molecule has 5 heteroatoms. The van der Waals surface area contributed by atoms with Crippen LogP contribution in [0.5, 0.6) is 0 Å². The summed E-state index contributed by atoms with van der Waals surface area (Å²) in [5.41, 5.74) is 1.50. The van der Waals surface area contributed by atoms with E-state index in [0.29, 0.717) is 20.1 Å². The first kappa shape index (κ1) is 14.3. The molecule has 0 heterocycles. The Kier molecular flexibility index (Phi) is 4.69. The first-order chi connectivity index (χ1) is 8.47. The molecule has 0 amide bonds. The highest BCUT2D eigenvalue weighted by Crippen LogP contribution is 2.37. The lowest BCUT2D eigenvalue weighted by atomic mass is 10.0. The summed E-state index contributed by atoms with van der Waals surface area (Å²) in [6.07, 6.45) is 0. The summed E-state index contributed by atoms with van der Waals surface area (Å²) in [5.74, 6) is 0. The second-order valence-electron chi connectivity index (χ2n) is 3.73. The predicted octanol–water partition coefficient (Wildman–Crippen LogP) is 6.63. The Labute approximate surface area is 130 Å². The molecule has 0 aliphatic heterocycles. The molecule has 1 unspecified atom stereocenters. The van der Waals surface area contributed by atoms with Crippen molar-refractivity contribution in [3.8, 4) is 0 Å². The zero-order valence-corrected chi connectivity index (χ0v) is 12.7. The fourth-order valence-electron chi connectivity index (χ4n) is 1.61. The molecule has 0 bridgehead atoms. The first-order valence-corrected chi connectivity index (χ1v) is 6.97. The van der Waals surface area contributed by atoms with Crippen molar-refractivity contribution in [3.63, 3.8) is 0 Å². The minimum atomic E-state index is -0.451. The van der Waals surface area contributed by atoms with Gasteiger partial charge in [-0.05, 0) is 47.5 Å². The molecule has 0 saturated heterocycles. The Morgan fingerprint density at radius 3 is 1.94 bits per heavy atom. The molecule has 2 rings (SSSR count). The van der Waals surface area contributed by atoms with E-state index >= 15 is 0 Å². The first-order valence-electron chi connectivity index (χ1n) is 5.02. The van der Waals surface area contributed by atoms with Gasteiger partial charge in [0.05, 0.1) is 5.38 Å². The zero-order valence-electron chi connectivity index (χ0n) is 8.93. The second kappa shape index (κ2) is 5.90. The maximum absolute atomic E-state index is 6.39. The molecule has 0 saturated carbocycles. The molecule has 0 nitrogen and oxygen atoms in total. The quantitative estimate of drug-likeness (QED) is 0.538. The summed E-state index contributed by atoms with van der Waals surface area (Å²) < 4.78 is 0. The largest absolute Gasteiger partial charge is 0.113 e. The summed E-state index contributed by atoms with van der Waals surface area (Å²) in [6, 6.07) is 10.3. The lowest BCUT2D eigenvalue weighted by Gasteiger charge is -2.13. The fourth-order valence-corrected chi connectivity index (χ4v) is 2.92. The third-order valence-corrected chi connectivity index (χ3v) is 3.91. The zero-order chi connectivity index (χ0) is 13.3. The van der Waals surface area contributed by atoms with Gasteiger partial charge in [0.25, 0.3) is 0 Å². The van der Waals surface area contributed by atoms with Gasteiger partial charge < -0.3 is 0 Å². The van der Waals surface area contributed by atoms with Gasteiger partial charge in [-0.1, -0.05) is 46.4 Å². The van der Waals surface area contributed by atoms with Crippen LogP contribution in [0, 0.1) is 0 Å². The Bertz CT molecular complexity index is 559. The maximum atomic E-state index is 6.39. The Morgan fingerprint density at radius 2 is 1.33 bits per heavy atom. The van der Waals surface area contributed by atoms with Crippen LogP contribution in [0.1, 0.15) is 16.5 Å². The highest BCUT2D eigenvalue weighted by molar-refractivity contribution is 6.36. The monoisotopic (exact) mass is 338 g/mol. The summed E-state index contributed by atoms with van der Waals surface area (Å²) >= 11 is 30.3. The number of rotatable bonds is 2. The highest BCUT2D eigenvalue weighted by atomic mass is 35.5. The van der Waals surface area contributed by atoms with Crippen molar-refractivity contribution in [2.45, 2.75) is 5.38 Å². The molecule has 18 heavy (non-hydrogen) atoms. The van der Waals surface area contributed by atoms with Gasteiger partial charge in [0.15, 0.2) is 0 Å². The summed E-state index contributed by atoms with van der Waals surface area (Å²) in [4.78, 5) is 0. The normalized spacial score (nSPS) is 12.5. The van der Waals surface area contributed by atoms with E-state index in [1.54, 1.807) is 36.4 Å². The molecule has 0 spiro atoms. The lowest BCUT2D eigenvalue weighted by Crippen LogP contribution is -1.94. The molecular weight excluding hydrogens is 333 g/mol. The van der Waals surface area contributed by atoms with Crippen LogP contribution in [-0.4, -0.2) is 0 Å². The average Bonchev–Trinajstić information content (AvgIpc) is 2.30. The molecule has 0 aliphatic rings. The van der Waals surface area contributed by atoms with Gasteiger partial charge in [0, 0.05) is 20.1 Å². The van der Waals surface area contributed by atoms with E-state index in [2.05, 4.69) is 0 Å². The van der Waals surface area contributed by atoms with Gasteiger partial charge in [-0.3, -0.25) is 0 Å². The van der Waals surface area contributed by atoms with E-state index in [1.165, 1.54) is 0 Å². The second-order valence-corrected chi connectivity index (χ2v) is 5.88. The van der Waals surface area contributed by atoms with E-state index < -0.39 is 5.38 Å². The van der Waals surface area contributed by atoms with Crippen LogP contribution < -0.4 is 0 Å². The van der Waals surface area contributed by atoms with Crippen LogP contribution in [0.25, 0.3) is 0 Å². The van der Waals surface area contributed by atoms with Gasteiger partial charge in [0.2, 0.25) is 0 Å². The Balaban J connectivity index is 2.47. The molecule has 0 radical (unpaired) electrons. The number of hydrogen-bond acceptors (Lipinski definition) is 0. The molecule has 0 fully saturated rings. The Hall–Kier alpha value is -0.110. The molecule has 94 valence electrons. The molecule has 0 N–H and O–H groups in total. The van der Waals surface area contributed by atoms with E-state index in [4.69, 9.17) is 58.0 Å². The van der Waals surface area contributed by atoms with Gasteiger partial charge in [-0.2, -0.15) is 0 Å². The van der Waals surface area contributed by atoms with Crippen LogP contribution in [0.4, 0.5) is 0 Å². The molecule has 0 aliphatic carbocycles. The number of alkyl halides is 1. The molecule has 1 atom stereocenters. The SMILES string of the molecule is Clc1cc(Cl)cc(C(Cl)c2cc(Cl)ccc2Cl)c1. The molecule has 2 aromatic carbocycles. The molecular formula is C13H7Cl5. The van der Waals surface area contributed by atoms with E-state index in [0.717, 1.165) is 11.1 Å². The van der Waals surface area contributed by atoms with Crippen molar-refractivity contribution in [1.82, 2.24) is 0 Å². The van der Waals surface area contributed by atoms with Gasteiger partial charge >= 0.3 is 0 Å². The smallest absolute Gasteiger partial charge is 0.0851 e. The molecule has 0 aromatic heterocycles. The fraction of sp³-hybridized carbons (Fsp3) is 0.0769. The minimum absolute atomic E-state index is 0.451. The van der Waals surface area contributed by atoms with E-state index in [1.807, 2.05) is 0 Å². The predicted molar refractivity (Wildman–Crippen MR) is 80.6 cm³/mol. The van der Waals surface area contributed by atoms with Crippen molar-refractivity contribution in [2.24, 2.45) is 0 Å². The van der Waals surface area contributed by atoms with Crippen molar-refractivity contribution < 1.29 is 0 Å². The summed E-state index contributed by atoms with van der Waals surface area (Å²) in [5, 5.41) is 1.73. The summed E-state index contributed by atoms with van der Waals surface area (Å²) in [6.45, 7) is 0. The van der Waals surface area contributed by atoms with Crippen LogP contribution in [-0.2, 0) is 0 Å². The van der Waals surface area contributed by atoms with Crippen LogP contribution in [0.15, 0.2) is 36.4 Å². The standard InChI is InChI=1S/C13H7Cl5/c14-8-1-2-12(17)11(6-8)13(18)7-3-9(15)5-10(16)4-7/h1-6,13H. The number of benzene rings is 2. The lowest BCUT2D eigenvalue weighted by molar-refractivity contribution is 1.14. The third kappa shape index (κ3) is 3.26. The molecule has 2 aromatic rings. The van der Waals surface area contributed by atoms with Crippen LogP contribution >= 0.6 is 58.0 Å². The van der Waals surface area contributed by atoms with Crippen LogP contribution in [0.2, 0.25) is 20.1 Å². The topological polar surface area (TPSA) is 0 Å². The third-order valence-electron chi connectivity index (χ3n) is 2.41. The van der Waals surface area contributed by atoms with Crippen LogP contribution in [0.3, 0.4) is 0 Å². The summed E-state index contributed by atoms with van der Waals surface area (Å²) in [7, 11) is 0.